The molecule has 6 N–H and O–H groups in total. The number of aliphatic hydroxyl groups is 1. The van der Waals surface area contributed by atoms with Crippen molar-refractivity contribution in [2.75, 3.05) is 5.32 Å². The average Bonchev–Trinajstić information content (AvgIpc) is 3.34. The second-order valence-corrected chi connectivity index (χ2v) is 10.0. The van der Waals surface area contributed by atoms with Crippen LogP contribution in [0.15, 0.2) is 27.5 Å². The number of rotatable bonds is 3. The lowest BCUT2D eigenvalue weighted by Crippen LogP contribution is -2.17. The molecule has 2 aliphatic carbocycles. The minimum atomic E-state index is -1.26. The van der Waals surface area contributed by atoms with Gasteiger partial charge in [0.2, 0.25) is 0 Å². The predicted molar refractivity (Wildman–Crippen MR) is 132 cm³/mol. The average molecular weight is 502 g/mol. The molecule has 0 fully saturated rings. The SMILES string of the molecule is CC(C)(O)c1ccc(S(N)=NC(=O)Nc2c3c(c(F)c4c2CCC4)CCC3)c(Cl)c1.O.S. The van der Waals surface area contributed by atoms with Crippen LogP contribution in [0, 0.1) is 5.82 Å². The zero-order chi connectivity index (χ0) is 21.6. The Hall–Kier alpha value is -1.49. The summed E-state index contributed by atoms with van der Waals surface area (Å²) in [6.45, 7) is 3.33. The number of carbonyl (C=O) groups is 1. The first kappa shape index (κ1) is 26.8. The van der Waals surface area contributed by atoms with Crippen LogP contribution in [0.3, 0.4) is 0 Å². The minimum absolute atomic E-state index is 0. The minimum Gasteiger partial charge on any atom is -0.412 e. The molecule has 10 heteroatoms. The summed E-state index contributed by atoms with van der Waals surface area (Å²) in [5, 5.41) is 19.5. The van der Waals surface area contributed by atoms with Crippen molar-refractivity contribution in [2.45, 2.75) is 62.9 Å². The molecule has 176 valence electrons. The number of hydrogen-bond acceptors (Lipinski definition) is 2. The summed E-state index contributed by atoms with van der Waals surface area (Å²) < 4.78 is 18.9. The second-order valence-electron chi connectivity index (χ2n) is 8.35. The van der Waals surface area contributed by atoms with Crippen molar-refractivity contribution in [1.29, 1.82) is 0 Å². The van der Waals surface area contributed by atoms with E-state index in [1.165, 1.54) is 0 Å². The van der Waals surface area contributed by atoms with E-state index in [9.17, 15) is 14.3 Å². The van der Waals surface area contributed by atoms with E-state index < -0.39 is 22.5 Å². The van der Waals surface area contributed by atoms with E-state index in [1.54, 1.807) is 32.0 Å². The van der Waals surface area contributed by atoms with Crippen LogP contribution in [0.25, 0.3) is 0 Å². The van der Waals surface area contributed by atoms with E-state index in [4.69, 9.17) is 16.7 Å². The fourth-order valence-electron chi connectivity index (χ4n) is 4.36. The Morgan fingerprint density at radius 3 is 2.19 bits per heavy atom. The fraction of sp³-hybridized carbons (Fsp3) is 0.409. The van der Waals surface area contributed by atoms with Gasteiger partial charge in [-0.1, -0.05) is 17.7 Å². The number of hydrogen-bond donors (Lipinski definition) is 3. The molecule has 2 aliphatic rings. The third-order valence-corrected chi connectivity index (χ3v) is 7.44. The van der Waals surface area contributed by atoms with Gasteiger partial charge in [-0.2, -0.15) is 17.9 Å². The molecule has 0 heterocycles. The summed E-state index contributed by atoms with van der Waals surface area (Å²) >= 11 is 6.33. The molecule has 0 aliphatic heterocycles. The summed E-state index contributed by atoms with van der Waals surface area (Å²) in [4.78, 5) is 13.2. The third kappa shape index (κ3) is 5.03. The van der Waals surface area contributed by atoms with Gasteiger partial charge in [-0.3, -0.25) is 5.14 Å². The maximum atomic E-state index is 14.8. The first-order valence-corrected chi connectivity index (χ1v) is 11.7. The standard InChI is InChI=1S/C22H25ClFN3O2S.H2O.H2S/c1-22(2,29)12-9-10-18(17(23)11-12)30(25)27-21(28)26-20-15-7-3-5-13(15)19(24)14-6-4-8-16(14)20;;/h9-11,29H,3-8H2,1-2H3,(H3,25,26,27,28);2*1H2. The molecular formula is C22H29ClFN3O3S2. The van der Waals surface area contributed by atoms with E-state index in [0.717, 1.165) is 53.6 Å². The smallest absolute Gasteiger partial charge is 0.352 e. The monoisotopic (exact) mass is 501 g/mol. The molecule has 4 rings (SSSR count). The summed E-state index contributed by atoms with van der Waals surface area (Å²) in [6.07, 6.45) is 4.71. The maximum Gasteiger partial charge on any atom is 0.352 e. The van der Waals surface area contributed by atoms with Crippen molar-refractivity contribution >= 4 is 47.7 Å². The number of nitrogens with zero attached hydrogens (tertiary/aromatic N) is 1. The number of carbonyl (C=O) groups excluding carboxylic acids is 1. The zero-order valence-corrected chi connectivity index (χ0v) is 20.6. The topological polar surface area (TPSA) is 119 Å². The van der Waals surface area contributed by atoms with Crippen molar-refractivity contribution in [3.8, 4) is 0 Å². The first-order valence-electron chi connectivity index (χ1n) is 10.1. The number of halogens is 2. The molecule has 0 aromatic heterocycles. The van der Waals surface area contributed by atoms with Crippen LogP contribution in [0.2, 0.25) is 5.02 Å². The Labute approximate surface area is 201 Å². The van der Waals surface area contributed by atoms with E-state index in [2.05, 4.69) is 9.68 Å². The molecule has 0 saturated heterocycles. The fourth-order valence-corrected chi connectivity index (χ4v) is 5.56. The molecule has 6 nitrogen and oxygen atoms in total. The van der Waals surface area contributed by atoms with Gasteiger partial charge in [-0.05, 0) is 92.3 Å². The Balaban J connectivity index is 0.00000181. The van der Waals surface area contributed by atoms with Crippen molar-refractivity contribution in [3.63, 3.8) is 0 Å². The van der Waals surface area contributed by atoms with Gasteiger partial charge >= 0.3 is 6.03 Å². The van der Waals surface area contributed by atoms with E-state index >= 15 is 0 Å². The normalized spacial score (nSPS) is 15.4. The van der Waals surface area contributed by atoms with Crippen LogP contribution < -0.4 is 10.5 Å². The van der Waals surface area contributed by atoms with Gasteiger partial charge in [-0.15, -0.1) is 0 Å². The number of nitrogens with two attached hydrogens (primary N) is 1. The molecular weight excluding hydrogens is 473 g/mol. The number of anilines is 1. The van der Waals surface area contributed by atoms with Crippen molar-refractivity contribution in [2.24, 2.45) is 9.50 Å². The van der Waals surface area contributed by atoms with E-state index in [0.29, 0.717) is 28.3 Å². The number of amides is 2. The van der Waals surface area contributed by atoms with Crippen molar-refractivity contribution < 1.29 is 19.8 Å². The molecule has 0 saturated carbocycles. The van der Waals surface area contributed by atoms with Gasteiger partial charge in [0, 0.05) is 16.6 Å². The Morgan fingerprint density at radius 2 is 1.69 bits per heavy atom. The molecule has 0 radical (unpaired) electrons. The lowest BCUT2D eigenvalue weighted by atomic mass is 9.98. The summed E-state index contributed by atoms with van der Waals surface area (Å²) in [5.74, 6) is -0.0813. The molecule has 0 bridgehead atoms. The molecule has 0 spiro atoms. The van der Waals surface area contributed by atoms with Crippen LogP contribution in [-0.4, -0.2) is 16.6 Å². The highest BCUT2D eigenvalue weighted by Gasteiger charge is 2.29. The Kier molecular flexibility index (Phi) is 8.52. The van der Waals surface area contributed by atoms with Gasteiger partial charge in [0.05, 0.1) is 15.5 Å². The lowest BCUT2D eigenvalue weighted by molar-refractivity contribution is 0.0785. The van der Waals surface area contributed by atoms with Crippen LogP contribution in [-0.2, 0) is 42.2 Å². The maximum absolute atomic E-state index is 14.8. The molecule has 2 aromatic rings. The van der Waals surface area contributed by atoms with Crippen LogP contribution in [0.5, 0.6) is 0 Å². The lowest BCUT2D eigenvalue weighted by Gasteiger charge is -2.19. The third-order valence-electron chi connectivity index (χ3n) is 5.85. The Bertz CT molecular complexity index is 1050. The highest BCUT2D eigenvalue weighted by Crippen LogP contribution is 2.41. The highest BCUT2D eigenvalue weighted by atomic mass is 35.5. The largest absolute Gasteiger partial charge is 0.412 e. The summed E-state index contributed by atoms with van der Waals surface area (Å²) in [6, 6.07) is 4.49. The first-order chi connectivity index (χ1) is 14.2. The number of urea groups is 1. The zero-order valence-electron chi connectivity index (χ0n) is 18.0. The van der Waals surface area contributed by atoms with Gasteiger partial charge in [0.15, 0.2) is 0 Å². The van der Waals surface area contributed by atoms with Crippen LogP contribution in [0.4, 0.5) is 14.9 Å². The number of nitrogens with one attached hydrogen (secondary N) is 1. The van der Waals surface area contributed by atoms with Crippen molar-refractivity contribution in [3.05, 3.63) is 56.9 Å². The second kappa shape index (κ2) is 10.2. The van der Waals surface area contributed by atoms with E-state index in [1.807, 2.05) is 0 Å². The van der Waals surface area contributed by atoms with Crippen molar-refractivity contribution in [1.82, 2.24) is 0 Å². The van der Waals surface area contributed by atoms with Gasteiger partial charge in [0.1, 0.15) is 5.82 Å². The molecule has 2 aromatic carbocycles. The Morgan fingerprint density at radius 1 is 1.16 bits per heavy atom. The number of fused-ring (bicyclic) bond motifs is 2. The summed E-state index contributed by atoms with van der Waals surface area (Å²) in [5.41, 5.74) is 3.63. The molecule has 32 heavy (non-hydrogen) atoms. The molecule has 1 atom stereocenters. The van der Waals surface area contributed by atoms with Gasteiger partial charge in [0.25, 0.3) is 0 Å². The predicted octanol–water partition coefficient (Wildman–Crippen LogP) is 4.24. The highest BCUT2D eigenvalue weighted by molar-refractivity contribution is 7.85. The van der Waals surface area contributed by atoms with E-state index in [-0.39, 0.29) is 24.8 Å². The number of benzene rings is 2. The quantitative estimate of drug-likeness (QED) is 0.583. The molecule has 1 unspecified atom stereocenters. The summed E-state index contributed by atoms with van der Waals surface area (Å²) in [7, 11) is -1.26. The van der Waals surface area contributed by atoms with Crippen LogP contribution >= 0.6 is 25.1 Å². The van der Waals surface area contributed by atoms with Gasteiger partial charge < -0.3 is 15.9 Å². The molecule has 2 amide bonds. The van der Waals surface area contributed by atoms with Crippen LogP contribution in [0.1, 0.15) is 54.5 Å². The van der Waals surface area contributed by atoms with Gasteiger partial charge in [-0.25, -0.2) is 9.18 Å².